The molecule has 0 unspecified atom stereocenters. The molecule has 0 bridgehead atoms. The first-order valence-corrected chi connectivity index (χ1v) is 9.29. The van der Waals surface area contributed by atoms with Gasteiger partial charge in [-0.25, -0.2) is 9.97 Å². The minimum Gasteiger partial charge on any atom is -0.348 e. The summed E-state index contributed by atoms with van der Waals surface area (Å²) < 4.78 is 1.93. The molecule has 0 spiro atoms. The van der Waals surface area contributed by atoms with Crippen LogP contribution in [0.3, 0.4) is 0 Å². The second-order valence-electron chi connectivity index (χ2n) is 6.66. The molecule has 29 heavy (non-hydrogen) atoms. The van der Waals surface area contributed by atoms with Crippen LogP contribution in [-0.2, 0) is 6.54 Å². The van der Waals surface area contributed by atoms with Crippen LogP contribution in [0.2, 0.25) is 0 Å². The average Bonchev–Trinajstić information content (AvgIpc) is 3.13. The van der Waals surface area contributed by atoms with E-state index >= 15 is 0 Å². The van der Waals surface area contributed by atoms with Crippen LogP contribution in [0.4, 0.5) is 0 Å². The highest BCUT2D eigenvalue weighted by atomic mass is 16.1. The zero-order valence-electron chi connectivity index (χ0n) is 15.5. The normalized spacial score (nSPS) is 11.0. The lowest BCUT2D eigenvalue weighted by Crippen LogP contribution is -2.23. The summed E-state index contributed by atoms with van der Waals surface area (Å²) in [5, 5.41) is 3.76. The summed E-state index contributed by atoms with van der Waals surface area (Å²) in [6.07, 6.45) is 6.91. The van der Waals surface area contributed by atoms with E-state index in [1.54, 1.807) is 18.7 Å². The largest absolute Gasteiger partial charge is 0.348 e. The molecule has 5 rings (SSSR count). The molecule has 4 heterocycles. The molecule has 140 valence electrons. The molecule has 5 aromatic rings. The summed E-state index contributed by atoms with van der Waals surface area (Å²) in [5.41, 5.74) is 4.70. The number of hydrogen-bond donors (Lipinski definition) is 1. The predicted molar refractivity (Wildman–Crippen MR) is 111 cm³/mol. The van der Waals surface area contributed by atoms with Gasteiger partial charge in [0.1, 0.15) is 12.0 Å². The van der Waals surface area contributed by atoms with Gasteiger partial charge < -0.3 is 9.72 Å². The summed E-state index contributed by atoms with van der Waals surface area (Å²) in [6, 6.07) is 19.4. The van der Waals surface area contributed by atoms with Gasteiger partial charge in [0, 0.05) is 30.7 Å². The van der Waals surface area contributed by atoms with Crippen LogP contribution in [0.1, 0.15) is 15.9 Å². The molecule has 0 fully saturated rings. The van der Waals surface area contributed by atoms with E-state index in [2.05, 4.69) is 20.3 Å². The van der Waals surface area contributed by atoms with E-state index in [0.29, 0.717) is 17.8 Å². The Labute approximate surface area is 166 Å². The molecule has 0 saturated carbocycles. The third-order valence-electron chi connectivity index (χ3n) is 4.87. The van der Waals surface area contributed by atoms with Gasteiger partial charge in [-0.2, -0.15) is 0 Å². The van der Waals surface area contributed by atoms with Gasteiger partial charge >= 0.3 is 0 Å². The molecule has 0 saturated heterocycles. The number of hydrogen-bond acceptors (Lipinski definition) is 4. The third-order valence-corrected chi connectivity index (χ3v) is 4.87. The van der Waals surface area contributed by atoms with E-state index < -0.39 is 0 Å². The van der Waals surface area contributed by atoms with Gasteiger partial charge in [-0.05, 0) is 23.8 Å². The maximum Gasteiger partial charge on any atom is 0.254 e. The van der Waals surface area contributed by atoms with Gasteiger partial charge in [-0.15, -0.1) is 0 Å². The Balaban J connectivity index is 1.69. The molecular weight excluding hydrogens is 362 g/mol. The topological polar surface area (TPSA) is 72.2 Å². The lowest BCUT2D eigenvalue weighted by Gasteiger charge is -2.07. The SMILES string of the molecule is O=C(NCc1cccnc1)c1c2c(-c3ccccc3)ncnc2n2ccccc12. The molecule has 0 radical (unpaired) electrons. The van der Waals surface area contributed by atoms with Gasteiger partial charge in [0.2, 0.25) is 0 Å². The Bertz CT molecular complexity index is 1310. The molecule has 6 nitrogen and oxygen atoms in total. The average molecular weight is 379 g/mol. The summed E-state index contributed by atoms with van der Waals surface area (Å²) in [5.74, 6) is -0.167. The maximum atomic E-state index is 13.3. The van der Waals surface area contributed by atoms with Crippen molar-refractivity contribution in [1.29, 1.82) is 0 Å². The van der Waals surface area contributed by atoms with E-state index in [-0.39, 0.29) is 5.91 Å². The van der Waals surface area contributed by atoms with E-state index in [9.17, 15) is 4.79 Å². The molecule has 1 N–H and O–H groups in total. The van der Waals surface area contributed by atoms with Crippen molar-refractivity contribution in [3.05, 3.63) is 96.7 Å². The van der Waals surface area contributed by atoms with Gasteiger partial charge in [-0.3, -0.25) is 9.78 Å². The second-order valence-corrected chi connectivity index (χ2v) is 6.66. The highest BCUT2D eigenvalue weighted by Crippen LogP contribution is 2.32. The standard InChI is InChI=1S/C23H17N5O/c29-23(25-14-16-7-6-11-24-13-16)19-18-10-4-5-12-28(18)22-20(19)21(26-15-27-22)17-8-2-1-3-9-17/h1-13,15H,14H2,(H,25,29). The van der Waals surface area contributed by atoms with Crippen molar-refractivity contribution < 1.29 is 4.79 Å². The summed E-state index contributed by atoms with van der Waals surface area (Å²) in [7, 11) is 0. The van der Waals surface area contributed by atoms with Crippen LogP contribution < -0.4 is 5.32 Å². The van der Waals surface area contributed by atoms with Crippen LogP contribution in [0.5, 0.6) is 0 Å². The fourth-order valence-corrected chi connectivity index (χ4v) is 3.57. The monoisotopic (exact) mass is 379 g/mol. The third kappa shape index (κ3) is 3.00. The molecule has 1 amide bonds. The highest BCUT2D eigenvalue weighted by Gasteiger charge is 2.22. The molecule has 1 aromatic carbocycles. The highest BCUT2D eigenvalue weighted by molar-refractivity contribution is 6.16. The molecule has 6 heteroatoms. The van der Waals surface area contributed by atoms with Crippen molar-refractivity contribution in [3.8, 4) is 11.3 Å². The number of rotatable bonds is 4. The van der Waals surface area contributed by atoms with E-state index in [4.69, 9.17) is 0 Å². The van der Waals surface area contributed by atoms with Crippen LogP contribution in [0.25, 0.3) is 27.8 Å². The quantitative estimate of drug-likeness (QED) is 0.514. The number of aromatic nitrogens is 4. The van der Waals surface area contributed by atoms with Crippen LogP contribution in [0.15, 0.2) is 85.6 Å². The van der Waals surface area contributed by atoms with Crippen LogP contribution in [0, 0.1) is 0 Å². The van der Waals surface area contributed by atoms with Crippen molar-refractivity contribution in [2.45, 2.75) is 6.54 Å². The second kappa shape index (κ2) is 7.16. The van der Waals surface area contributed by atoms with Gasteiger partial charge in [-0.1, -0.05) is 42.5 Å². The van der Waals surface area contributed by atoms with Gasteiger partial charge in [0.05, 0.1) is 22.2 Å². The van der Waals surface area contributed by atoms with E-state index in [1.807, 2.05) is 71.3 Å². The number of nitrogens with one attached hydrogen (secondary N) is 1. The fourth-order valence-electron chi connectivity index (χ4n) is 3.57. The smallest absolute Gasteiger partial charge is 0.254 e. The molecule has 4 aromatic heterocycles. The van der Waals surface area contributed by atoms with Gasteiger partial charge in [0.15, 0.2) is 0 Å². The zero-order valence-corrected chi connectivity index (χ0v) is 15.5. The number of amides is 1. The first kappa shape index (κ1) is 17.1. The van der Waals surface area contributed by atoms with Crippen molar-refractivity contribution >= 4 is 22.5 Å². The van der Waals surface area contributed by atoms with Crippen LogP contribution in [-0.4, -0.2) is 25.3 Å². The van der Waals surface area contributed by atoms with Crippen molar-refractivity contribution in [1.82, 2.24) is 24.7 Å². The molecule has 0 aliphatic carbocycles. The molecule has 0 atom stereocenters. The number of carbonyl (C=O) groups is 1. The van der Waals surface area contributed by atoms with Gasteiger partial charge in [0.25, 0.3) is 5.91 Å². The summed E-state index contributed by atoms with van der Waals surface area (Å²) in [4.78, 5) is 26.4. The maximum absolute atomic E-state index is 13.3. The minimum atomic E-state index is -0.167. The number of pyridine rings is 2. The predicted octanol–water partition coefficient (Wildman–Crippen LogP) is 3.87. The fraction of sp³-hybridized carbons (Fsp3) is 0.0435. The number of nitrogens with zero attached hydrogens (tertiary/aromatic N) is 4. The minimum absolute atomic E-state index is 0.167. The summed E-state index contributed by atoms with van der Waals surface area (Å²) >= 11 is 0. The lowest BCUT2D eigenvalue weighted by molar-refractivity contribution is 0.0954. The van der Waals surface area contributed by atoms with Crippen LogP contribution >= 0.6 is 0 Å². The zero-order chi connectivity index (χ0) is 19.6. The number of fused-ring (bicyclic) bond motifs is 3. The first-order chi connectivity index (χ1) is 14.3. The molecule has 0 aliphatic heterocycles. The molecule has 0 aliphatic rings. The Kier molecular flexibility index (Phi) is 4.22. The summed E-state index contributed by atoms with van der Waals surface area (Å²) in [6.45, 7) is 0.396. The molecular formula is C23H17N5O. The Hall–Kier alpha value is -4.06. The number of benzene rings is 1. The van der Waals surface area contributed by atoms with Crippen molar-refractivity contribution in [2.24, 2.45) is 0 Å². The number of carbonyl (C=O) groups excluding carboxylic acids is 1. The van der Waals surface area contributed by atoms with Crippen molar-refractivity contribution in [3.63, 3.8) is 0 Å². The first-order valence-electron chi connectivity index (χ1n) is 9.29. The Morgan fingerprint density at radius 3 is 2.66 bits per heavy atom. The van der Waals surface area contributed by atoms with Crippen molar-refractivity contribution in [2.75, 3.05) is 0 Å². The van der Waals surface area contributed by atoms with E-state index in [1.165, 1.54) is 0 Å². The van der Waals surface area contributed by atoms with E-state index in [0.717, 1.165) is 27.7 Å². The Morgan fingerprint density at radius 1 is 0.966 bits per heavy atom. The Morgan fingerprint density at radius 2 is 1.83 bits per heavy atom. The lowest BCUT2D eigenvalue weighted by atomic mass is 10.0.